The summed E-state index contributed by atoms with van der Waals surface area (Å²) in [5.41, 5.74) is 2.27. The van der Waals surface area contributed by atoms with Crippen molar-refractivity contribution in [3.8, 4) is 5.75 Å². The van der Waals surface area contributed by atoms with Crippen molar-refractivity contribution >= 4 is 5.91 Å². The fourth-order valence-electron chi connectivity index (χ4n) is 3.60. The predicted octanol–water partition coefficient (Wildman–Crippen LogP) is 6.79. The zero-order valence-electron chi connectivity index (χ0n) is 19.0. The second kappa shape index (κ2) is 10.6. The predicted molar refractivity (Wildman–Crippen MR) is 123 cm³/mol. The van der Waals surface area contributed by atoms with Crippen LogP contribution in [0.5, 0.6) is 5.75 Å². The van der Waals surface area contributed by atoms with Crippen LogP contribution in [-0.2, 0) is 11.0 Å². The van der Waals surface area contributed by atoms with E-state index in [-0.39, 0.29) is 11.8 Å². The van der Waals surface area contributed by atoms with Crippen LogP contribution in [-0.4, -0.2) is 24.4 Å². The Hall–Kier alpha value is -3.28. The van der Waals surface area contributed by atoms with Crippen LogP contribution in [0.2, 0.25) is 0 Å². The number of likely N-dealkylation sites (N-methyl/N-ethyl adjacent to an activating group) is 1. The van der Waals surface area contributed by atoms with Crippen molar-refractivity contribution in [1.82, 2.24) is 4.90 Å². The molecule has 0 saturated carbocycles. The molecule has 0 aliphatic carbocycles. The number of carbonyl (C=O) groups is 1. The molecule has 3 aromatic rings. The van der Waals surface area contributed by atoms with Crippen molar-refractivity contribution in [3.63, 3.8) is 0 Å². The fraction of sp³-hybridized carbons (Fsp3) is 0.296. The second-order valence-corrected chi connectivity index (χ2v) is 8.22. The molecule has 1 amide bonds. The van der Waals surface area contributed by atoms with Crippen molar-refractivity contribution in [3.05, 3.63) is 101 Å². The molecule has 0 saturated heterocycles. The first kappa shape index (κ1) is 24.4. The minimum absolute atomic E-state index is 0.000180. The van der Waals surface area contributed by atoms with E-state index in [2.05, 4.69) is 0 Å². The Bertz CT molecular complexity index is 1030. The Kier molecular flexibility index (Phi) is 7.79. The van der Waals surface area contributed by atoms with Crippen LogP contribution in [0.4, 0.5) is 13.2 Å². The van der Waals surface area contributed by atoms with Crippen molar-refractivity contribution in [1.29, 1.82) is 0 Å². The minimum atomic E-state index is -4.39. The lowest BCUT2D eigenvalue weighted by atomic mass is 9.98. The van der Waals surface area contributed by atoms with E-state index in [0.717, 1.165) is 28.8 Å². The molecule has 0 N–H and O–H groups in total. The molecule has 2 atom stereocenters. The summed E-state index contributed by atoms with van der Waals surface area (Å²) in [6.07, 6.45) is -4.31. The third-order valence-corrected chi connectivity index (χ3v) is 5.68. The molecule has 0 aromatic heterocycles. The topological polar surface area (TPSA) is 29.5 Å². The van der Waals surface area contributed by atoms with Gasteiger partial charge in [-0.25, -0.2) is 0 Å². The summed E-state index contributed by atoms with van der Waals surface area (Å²) in [4.78, 5) is 14.6. The number of rotatable bonds is 8. The Balaban J connectivity index is 1.69. The quantitative estimate of drug-likeness (QED) is 0.374. The van der Waals surface area contributed by atoms with Crippen molar-refractivity contribution in [2.45, 2.75) is 38.5 Å². The van der Waals surface area contributed by atoms with E-state index in [4.69, 9.17) is 4.74 Å². The SMILES string of the molecule is Cc1ccc([C@@H](C)C(=O)N(C)CC[C@H](Oc2ccc(C(F)(F)F)cc2)c2ccccc2)cc1. The highest BCUT2D eigenvalue weighted by molar-refractivity contribution is 5.83. The standard InChI is InChI=1S/C27H28F3NO2/c1-19-9-11-21(12-10-19)20(2)26(32)31(3)18-17-25(22-7-5-4-6-8-22)33-24-15-13-23(14-16-24)27(28,29)30/h4-16,20,25H,17-18H2,1-3H3/t20-,25+/m1/s1. The van der Waals surface area contributed by atoms with Gasteiger partial charge in [-0.2, -0.15) is 13.2 Å². The van der Waals surface area contributed by atoms with Crippen molar-refractivity contribution < 1.29 is 22.7 Å². The molecule has 0 unspecified atom stereocenters. The summed E-state index contributed by atoms with van der Waals surface area (Å²) in [6.45, 7) is 4.33. The maximum absolute atomic E-state index is 12.9. The molecular formula is C27H28F3NO2. The van der Waals surface area contributed by atoms with Gasteiger partial charge in [-0.05, 0) is 49.2 Å². The van der Waals surface area contributed by atoms with Crippen LogP contribution < -0.4 is 4.74 Å². The summed E-state index contributed by atoms with van der Waals surface area (Å²) in [5, 5.41) is 0. The number of ether oxygens (including phenoxy) is 1. The maximum Gasteiger partial charge on any atom is 0.416 e. The molecule has 0 spiro atoms. The number of nitrogens with zero attached hydrogens (tertiary/aromatic N) is 1. The molecular weight excluding hydrogens is 427 g/mol. The highest BCUT2D eigenvalue weighted by Crippen LogP contribution is 2.32. The van der Waals surface area contributed by atoms with Gasteiger partial charge in [0, 0.05) is 20.0 Å². The van der Waals surface area contributed by atoms with Gasteiger partial charge in [0.05, 0.1) is 11.5 Å². The first-order valence-electron chi connectivity index (χ1n) is 10.9. The summed E-state index contributed by atoms with van der Waals surface area (Å²) < 4.78 is 44.6. The van der Waals surface area contributed by atoms with Gasteiger partial charge in [0.2, 0.25) is 5.91 Å². The molecule has 0 aliphatic rings. The summed E-state index contributed by atoms with van der Waals surface area (Å²) in [5.74, 6) is 0.0701. The van der Waals surface area contributed by atoms with E-state index in [1.165, 1.54) is 12.1 Å². The lowest BCUT2D eigenvalue weighted by Crippen LogP contribution is -2.32. The molecule has 174 valence electrons. The lowest BCUT2D eigenvalue weighted by Gasteiger charge is -2.25. The third-order valence-electron chi connectivity index (χ3n) is 5.68. The Morgan fingerprint density at radius 3 is 2.09 bits per heavy atom. The maximum atomic E-state index is 12.9. The van der Waals surface area contributed by atoms with E-state index < -0.39 is 17.8 Å². The smallest absolute Gasteiger partial charge is 0.416 e. The number of aryl methyl sites for hydroxylation is 1. The summed E-state index contributed by atoms with van der Waals surface area (Å²) in [7, 11) is 1.76. The molecule has 0 radical (unpaired) electrons. The van der Waals surface area contributed by atoms with E-state index >= 15 is 0 Å². The van der Waals surface area contributed by atoms with Crippen LogP contribution in [0, 0.1) is 6.92 Å². The highest BCUT2D eigenvalue weighted by Gasteiger charge is 2.30. The van der Waals surface area contributed by atoms with Gasteiger partial charge in [-0.15, -0.1) is 0 Å². The Morgan fingerprint density at radius 2 is 1.52 bits per heavy atom. The first-order valence-corrected chi connectivity index (χ1v) is 10.9. The molecule has 6 heteroatoms. The monoisotopic (exact) mass is 455 g/mol. The number of halogens is 3. The van der Waals surface area contributed by atoms with Crippen LogP contribution in [0.25, 0.3) is 0 Å². The molecule has 3 rings (SSSR count). The average Bonchev–Trinajstić information content (AvgIpc) is 2.81. The first-order chi connectivity index (χ1) is 15.6. The largest absolute Gasteiger partial charge is 0.486 e. The van der Waals surface area contributed by atoms with E-state index in [1.807, 2.05) is 68.4 Å². The van der Waals surface area contributed by atoms with Crippen LogP contribution >= 0.6 is 0 Å². The molecule has 0 heterocycles. The normalized spacial score (nSPS) is 13.3. The molecule has 0 fully saturated rings. The zero-order chi connectivity index (χ0) is 24.0. The Labute approximate surface area is 192 Å². The van der Waals surface area contributed by atoms with Gasteiger partial charge in [-0.1, -0.05) is 60.2 Å². The van der Waals surface area contributed by atoms with Gasteiger partial charge in [-0.3, -0.25) is 4.79 Å². The number of carbonyl (C=O) groups excluding carboxylic acids is 1. The average molecular weight is 456 g/mol. The van der Waals surface area contributed by atoms with Crippen LogP contribution in [0.1, 0.15) is 47.6 Å². The van der Waals surface area contributed by atoms with E-state index in [1.54, 1.807) is 11.9 Å². The van der Waals surface area contributed by atoms with E-state index in [9.17, 15) is 18.0 Å². The van der Waals surface area contributed by atoms with Gasteiger partial charge in [0.25, 0.3) is 0 Å². The second-order valence-electron chi connectivity index (χ2n) is 8.22. The van der Waals surface area contributed by atoms with Gasteiger partial charge >= 0.3 is 6.18 Å². The lowest BCUT2D eigenvalue weighted by molar-refractivity contribution is -0.137. The summed E-state index contributed by atoms with van der Waals surface area (Å²) in [6, 6.07) is 22.0. The number of amides is 1. The van der Waals surface area contributed by atoms with Crippen LogP contribution in [0.15, 0.2) is 78.9 Å². The molecule has 33 heavy (non-hydrogen) atoms. The number of benzene rings is 3. The van der Waals surface area contributed by atoms with Gasteiger partial charge in [0.15, 0.2) is 0 Å². The Morgan fingerprint density at radius 1 is 0.909 bits per heavy atom. The van der Waals surface area contributed by atoms with Gasteiger partial charge in [0.1, 0.15) is 11.9 Å². The van der Waals surface area contributed by atoms with Crippen LogP contribution in [0.3, 0.4) is 0 Å². The fourth-order valence-corrected chi connectivity index (χ4v) is 3.60. The molecule has 0 aliphatic heterocycles. The number of hydrogen-bond acceptors (Lipinski definition) is 2. The van der Waals surface area contributed by atoms with Crippen molar-refractivity contribution in [2.24, 2.45) is 0 Å². The minimum Gasteiger partial charge on any atom is -0.486 e. The summed E-state index contributed by atoms with van der Waals surface area (Å²) >= 11 is 0. The number of hydrogen-bond donors (Lipinski definition) is 0. The van der Waals surface area contributed by atoms with E-state index in [0.29, 0.717) is 18.7 Å². The molecule has 0 bridgehead atoms. The third kappa shape index (κ3) is 6.60. The molecule has 3 nitrogen and oxygen atoms in total. The number of alkyl halides is 3. The van der Waals surface area contributed by atoms with Crippen molar-refractivity contribution in [2.75, 3.05) is 13.6 Å². The van der Waals surface area contributed by atoms with Gasteiger partial charge < -0.3 is 9.64 Å². The molecule has 3 aromatic carbocycles. The zero-order valence-corrected chi connectivity index (χ0v) is 19.0. The highest BCUT2D eigenvalue weighted by atomic mass is 19.4.